The first-order valence-corrected chi connectivity index (χ1v) is 24.2. The molecule has 0 saturated carbocycles. The van der Waals surface area contributed by atoms with E-state index in [2.05, 4.69) is 0 Å². The highest BCUT2D eigenvalue weighted by molar-refractivity contribution is 7.85. The Kier molecular flexibility index (Phi) is 19.6. The molecule has 2 heterocycles. The van der Waals surface area contributed by atoms with Gasteiger partial charge in [-0.1, -0.05) is 71.7 Å². The van der Waals surface area contributed by atoms with Crippen LogP contribution < -0.4 is 0 Å². The lowest BCUT2D eigenvalue weighted by Gasteiger charge is -2.27. The predicted molar refractivity (Wildman–Crippen MR) is 258 cm³/mol. The zero-order chi connectivity index (χ0) is 49.8. The molecular formula is C45H50B4Cl2F2N2O12S. The van der Waals surface area contributed by atoms with Gasteiger partial charge in [0.1, 0.15) is 24.0 Å². The van der Waals surface area contributed by atoms with Crippen molar-refractivity contribution in [1.29, 1.82) is 0 Å². The average molecular weight is 995 g/mol. The molecule has 358 valence electrons. The maximum Gasteiger partial charge on any atom is 0.450 e. The molecule has 0 spiro atoms. The second-order valence-corrected chi connectivity index (χ2v) is 19.4. The highest BCUT2D eigenvalue weighted by Crippen LogP contribution is 2.42. The van der Waals surface area contributed by atoms with E-state index in [1.807, 2.05) is 12.1 Å². The third kappa shape index (κ3) is 14.3. The molecule has 4 atom stereocenters. The summed E-state index contributed by atoms with van der Waals surface area (Å²) in [5, 5.41) is 29.5. The van der Waals surface area contributed by atoms with Gasteiger partial charge in [0.05, 0.1) is 23.7 Å². The molecule has 2 unspecified atom stereocenters. The Morgan fingerprint density at radius 3 is 1.47 bits per heavy atom. The lowest BCUT2D eigenvalue weighted by Crippen LogP contribution is -2.43. The molecule has 68 heavy (non-hydrogen) atoms. The summed E-state index contributed by atoms with van der Waals surface area (Å²) in [4.78, 5) is 51.8. The number of benzene rings is 4. The zero-order valence-electron chi connectivity index (χ0n) is 37.6. The van der Waals surface area contributed by atoms with Gasteiger partial charge in [0, 0.05) is 53.1 Å². The molecule has 23 heteroatoms. The maximum atomic E-state index is 14.2. The van der Waals surface area contributed by atoms with Gasteiger partial charge in [0.25, 0.3) is 10.1 Å². The lowest BCUT2D eigenvalue weighted by atomic mass is 9.80. The van der Waals surface area contributed by atoms with E-state index in [0.717, 1.165) is 24.8 Å². The summed E-state index contributed by atoms with van der Waals surface area (Å²) >= 11 is 12.0. The molecule has 0 aliphatic carbocycles. The summed E-state index contributed by atoms with van der Waals surface area (Å²) in [5.41, 5.74) is 1.57. The van der Waals surface area contributed by atoms with Crippen molar-refractivity contribution in [2.24, 2.45) is 10.8 Å². The van der Waals surface area contributed by atoms with Gasteiger partial charge in [-0.3, -0.25) is 13.8 Å². The summed E-state index contributed by atoms with van der Waals surface area (Å²) < 4.78 is 66.8. The summed E-state index contributed by atoms with van der Waals surface area (Å²) in [6.07, 6.45) is 3.57. The summed E-state index contributed by atoms with van der Waals surface area (Å²) in [7, 11) is -3.58. The summed E-state index contributed by atoms with van der Waals surface area (Å²) in [6, 6.07) is 22.3. The summed E-state index contributed by atoms with van der Waals surface area (Å²) in [5.74, 6) is -1.52. The van der Waals surface area contributed by atoms with Crippen molar-refractivity contribution >= 4 is 86.6 Å². The zero-order valence-corrected chi connectivity index (χ0v) is 39.9. The van der Waals surface area contributed by atoms with E-state index < -0.39 is 53.0 Å². The van der Waals surface area contributed by atoms with Crippen molar-refractivity contribution in [3.05, 3.63) is 118 Å². The van der Waals surface area contributed by atoms with Crippen LogP contribution in [0, 0.1) is 22.5 Å². The molecule has 4 aromatic carbocycles. The Bertz CT molecular complexity index is 2500. The number of rotatable bonds is 22. The van der Waals surface area contributed by atoms with Gasteiger partial charge in [0.15, 0.2) is 0 Å². The van der Waals surface area contributed by atoms with Gasteiger partial charge in [-0.25, -0.2) is 8.78 Å². The first kappa shape index (κ1) is 54.5. The Balaban J connectivity index is 0.000000256. The number of aliphatic hydroxyl groups excluding tert-OH is 1. The molecule has 2 amide bonds. The lowest BCUT2D eigenvalue weighted by molar-refractivity contribution is -0.136. The fourth-order valence-corrected chi connectivity index (χ4v) is 9.32. The van der Waals surface area contributed by atoms with E-state index in [1.54, 1.807) is 42.5 Å². The van der Waals surface area contributed by atoms with Crippen LogP contribution in [0.4, 0.5) is 8.78 Å². The Morgan fingerprint density at radius 1 is 0.721 bits per heavy atom. The van der Waals surface area contributed by atoms with E-state index in [-0.39, 0.29) is 63.5 Å². The monoisotopic (exact) mass is 994 g/mol. The molecule has 2 fully saturated rings. The van der Waals surface area contributed by atoms with Crippen molar-refractivity contribution in [2.75, 3.05) is 32.7 Å². The minimum absolute atomic E-state index is 0.0122. The van der Waals surface area contributed by atoms with Gasteiger partial charge < -0.3 is 43.7 Å². The molecule has 4 aromatic rings. The minimum atomic E-state index is -3.72. The smallest absolute Gasteiger partial charge is 0.427 e. The fraction of sp³-hybridized carbons (Fsp3) is 0.378. The van der Waals surface area contributed by atoms with Crippen LogP contribution in [-0.4, -0.2) is 131 Å². The van der Waals surface area contributed by atoms with E-state index in [0.29, 0.717) is 63.9 Å². The van der Waals surface area contributed by atoms with Crippen LogP contribution in [0.5, 0.6) is 0 Å². The van der Waals surface area contributed by atoms with Crippen molar-refractivity contribution in [3.8, 4) is 22.3 Å². The third-order valence-electron chi connectivity index (χ3n) is 11.9. The average Bonchev–Trinajstić information content (AvgIpc) is 3.69. The van der Waals surface area contributed by atoms with E-state index in [4.69, 9.17) is 36.7 Å². The number of amides is 2. The van der Waals surface area contributed by atoms with E-state index >= 15 is 0 Å². The fourth-order valence-electron chi connectivity index (χ4n) is 8.59. The first-order chi connectivity index (χ1) is 32.2. The number of carbonyl (C=O) groups is 4. The highest BCUT2D eigenvalue weighted by Gasteiger charge is 2.52. The van der Waals surface area contributed by atoms with E-state index in [9.17, 15) is 51.5 Å². The van der Waals surface area contributed by atoms with Crippen LogP contribution in [-0.2, 0) is 55.6 Å². The third-order valence-corrected chi connectivity index (χ3v) is 12.9. The molecule has 3 N–H and O–H groups in total. The van der Waals surface area contributed by atoms with Gasteiger partial charge >= 0.3 is 29.1 Å². The quantitative estimate of drug-likeness (QED) is 0.0532. The molecule has 0 aromatic heterocycles. The van der Waals surface area contributed by atoms with Crippen LogP contribution >= 0.6 is 23.2 Å². The largest absolute Gasteiger partial charge is 0.450 e. The molecule has 2 aliphatic rings. The second kappa shape index (κ2) is 24.4. The number of hydrogen-bond donors (Lipinski definition) is 3. The van der Waals surface area contributed by atoms with Gasteiger partial charge in [-0.05, 0) is 111 Å². The van der Waals surface area contributed by atoms with Crippen molar-refractivity contribution in [2.45, 2.75) is 64.3 Å². The van der Waals surface area contributed by atoms with Crippen molar-refractivity contribution < 1.29 is 65.0 Å². The van der Waals surface area contributed by atoms with Crippen LogP contribution in [0.15, 0.2) is 84.9 Å². The van der Waals surface area contributed by atoms with Crippen molar-refractivity contribution in [3.63, 3.8) is 0 Å². The SMILES string of the molecule is CB(O)OCC1(CCO)C[C@@H](Cc2ccc(-c3cc(Cl)ccc3F)cc2)N([B]C=O)C1=O.CB(O)OCC1(CCOS(C)(=O)=O)C[C@@H](Cc2ccc(-c3cc(Cl)ccc3F)cc2)N([B]C=O)C1=O. The Labute approximate surface area is 407 Å². The Hall–Kier alpha value is -4.43. The highest BCUT2D eigenvalue weighted by atomic mass is 35.5. The topological polar surface area (TPSA) is 197 Å². The van der Waals surface area contributed by atoms with Crippen LogP contribution in [0.2, 0.25) is 23.7 Å². The first-order valence-electron chi connectivity index (χ1n) is 21.6. The molecule has 14 nitrogen and oxygen atoms in total. The number of carbonyl (C=O) groups excluding carboxylic acids is 4. The second-order valence-electron chi connectivity index (χ2n) is 16.9. The van der Waals surface area contributed by atoms with Crippen LogP contribution in [0.1, 0.15) is 36.8 Å². The van der Waals surface area contributed by atoms with E-state index in [1.165, 1.54) is 61.0 Å². The van der Waals surface area contributed by atoms with Crippen LogP contribution in [0.25, 0.3) is 22.3 Å². The van der Waals surface area contributed by atoms with Gasteiger partial charge in [0.2, 0.25) is 11.8 Å². The molecule has 2 radical (unpaired) electrons. The predicted octanol–water partition coefficient (Wildman–Crippen LogP) is 5.17. The molecule has 0 bridgehead atoms. The number of aliphatic hydroxyl groups is 1. The molecular weight excluding hydrogens is 945 g/mol. The maximum absolute atomic E-state index is 14.2. The number of halogens is 4. The van der Waals surface area contributed by atoms with Crippen LogP contribution in [0.3, 0.4) is 0 Å². The van der Waals surface area contributed by atoms with Gasteiger partial charge in [-0.2, -0.15) is 8.42 Å². The number of hydrogen-bond acceptors (Lipinski definition) is 12. The minimum Gasteiger partial charge on any atom is -0.427 e. The standard InChI is InChI=1S/C23H26B2ClFNO7S.C22H24B2ClFNO5/c1-25(31)34-14-23(9-10-35-36(2,32)33)13-19(28(22(23)30)24-15-29)11-16-3-5-17(6-4-16)20-12-18(26)7-8-21(20)27;1-24(31)32-13-22(8-9-28)12-18(27(21(22)30)23-14-29)10-15-2-4-16(5-3-15)19-11-17(25)6-7-20(19)26/h3-8,12,15,19,31H,9-11,13-14H2,1-2H3;2-7,11,14,18,28,31H,8-10,12-13H2,1H3/t19-,23?;18-,22?/m11/s1. The molecule has 2 saturated heterocycles. The normalized spacial score (nSPS) is 20.2. The molecule has 2 aliphatic heterocycles. The van der Waals surface area contributed by atoms with Crippen molar-refractivity contribution in [1.82, 2.24) is 9.62 Å². The Morgan fingerprint density at radius 2 is 1.12 bits per heavy atom. The number of nitrogens with zero attached hydrogens (tertiary/aromatic N) is 2. The van der Waals surface area contributed by atoms with Gasteiger partial charge in [-0.15, -0.1) is 0 Å². The molecule has 6 rings (SSSR count). The summed E-state index contributed by atoms with van der Waals surface area (Å²) in [6.45, 7) is 2.13.